The molecule has 3 nitrogen and oxygen atoms in total. The summed E-state index contributed by atoms with van der Waals surface area (Å²) in [6, 6.07) is 9.35. The van der Waals surface area contributed by atoms with Crippen molar-refractivity contribution in [3.05, 3.63) is 48.4 Å². The number of hydrogen-bond donors (Lipinski definition) is 0. The van der Waals surface area contributed by atoms with Crippen LogP contribution in [-0.2, 0) is 0 Å². The summed E-state index contributed by atoms with van der Waals surface area (Å²) in [7, 11) is 0. The second-order valence-corrected chi connectivity index (χ2v) is 4.33. The average Bonchev–Trinajstić information content (AvgIpc) is 2.30. The van der Waals surface area contributed by atoms with Gasteiger partial charge in [-0.15, -0.1) is 0 Å². The van der Waals surface area contributed by atoms with Gasteiger partial charge in [0, 0.05) is 16.7 Å². The molecular formula is C12H10N2OS. The molecule has 0 saturated carbocycles. The van der Waals surface area contributed by atoms with Crippen LogP contribution in [0.1, 0.15) is 17.3 Å². The zero-order valence-electron chi connectivity index (χ0n) is 8.75. The Morgan fingerprint density at radius 3 is 2.88 bits per heavy atom. The lowest BCUT2D eigenvalue weighted by Gasteiger charge is -2.01. The highest BCUT2D eigenvalue weighted by molar-refractivity contribution is 7.99. The molecule has 0 bridgehead atoms. The van der Waals surface area contributed by atoms with E-state index in [0.717, 1.165) is 15.5 Å². The minimum Gasteiger partial charge on any atom is -0.295 e. The maximum Gasteiger partial charge on any atom is 0.159 e. The lowest BCUT2D eigenvalue weighted by molar-refractivity contribution is 0.101. The number of carbonyl (C=O) groups excluding carboxylic acids is 1. The zero-order chi connectivity index (χ0) is 11.4. The van der Waals surface area contributed by atoms with E-state index in [9.17, 15) is 4.79 Å². The van der Waals surface area contributed by atoms with Crippen molar-refractivity contribution in [3.8, 4) is 0 Å². The van der Waals surface area contributed by atoms with Gasteiger partial charge in [0.1, 0.15) is 11.4 Å². The Balaban J connectivity index is 2.22. The first-order chi connectivity index (χ1) is 7.75. The molecule has 0 aliphatic heterocycles. The molecule has 0 saturated heterocycles. The molecule has 80 valence electrons. The first-order valence-corrected chi connectivity index (χ1v) is 5.62. The normalized spacial score (nSPS) is 10.1. The summed E-state index contributed by atoms with van der Waals surface area (Å²) in [6.45, 7) is 1.56. The van der Waals surface area contributed by atoms with Gasteiger partial charge < -0.3 is 0 Å². The van der Waals surface area contributed by atoms with Gasteiger partial charge in [0.25, 0.3) is 0 Å². The predicted octanol–water partition coefficient (Wildman–Crippen LogP) is 2.83. The summed E-state index contributed by atoms with van der Waals surface area (Å²) in [5.41, 5.74) is 0.721. The van der Waals surface area contributed by atoms with Crippen LogP contribution in [0.2, 0.25) is 0 Å². The molecule has 0 atom stereocenters. The van der Waals surface area contributed by atoms with E-state index >= 15 is 0 Å². The standard InChI is InChI=1S/C12H10N2OS/c1-9(15)10-3-2-4-11(7-10)16-12-5-6-13-8-14-12/h2-8H,1H3. The van der Waals surface area contributed by atoms with Crippen LogP contribution >= 0.6 is 11.8 Å². The summed E-state index contributed by atoms with van der Waals surface area (Å²) < 4.78 is 0. The van der Waals surface area contributed by atoms with Crippen molar-refractivity contribution in [1.82, 2.24) is 9.97 Å². The largest absolute Gasteiger partial charge is 0.295 e. The van der Waals surface area contributed by atoms with Gasteiger partial charge in [0.15, 0.2) is 5.78 Å². The molecule has 0 aliphatic rings. The number of aromatic nitrogens is 2. The number of Topliss-reactive ketones (excluding diaryl/α,β-unsaturated/α-hetero) is 1. The highest BCUT2D eigenvalue weighted by atomic mass is 32.2. The van der Waals surface area contributed by atoms with Gasteiger partial charge in [-0.25, -0.2) is 9.97 Å². The van der Waals surface area contributed by atoms with E-state index in [-0.39, 0.29) is 5.78 Å². The monoisotopic (exact) mass is 230 g/mol. The average molecular weight is 230 g/mol. The quantitative estimate of drug-likeness (QED) is 0.600. The fourth-order valence-corrected chi connectivity index (χ4v) is 2.04. The molecule has 0 radical (unpaired) electrons. The number of rotatable bonds is 3. The van der Waals surface area contributed by atoms with Crippen LogP contribution in [0.4, 0.5) is 0 Å². The second kappa shape index (κ2) is 4.90. The van der Waals surface area contributed by atoms with Crippen LogP contribution in [0.15, 0.2) is 52.8 Å². The highest BCUT2D eigenvalue weighted by Crippen LogP contribution is 2.25. The maximum atomic E-state index is 11.2. The molecule has 0 unspecified atom stereocenters. The number of ketones is 1. The molecule has 2 rings (SSSR count). The van der Waals surface area contributed by atoms with Gasteiger partial charge in [-0.1, -0.05) is 23.9 Å². The van der Waals surface area contributed by atoms with E-state index in [0.29, 0.717) is 0 Å². The fraction of sp³-hybridized carbons (Fsp3) is 0.0833. The summed E-state index contributed by atoms with van der Waals surface area (Å²) in [5.74, 6) is 0.0742. The lowest BCUT2D eigenvalue weighted by Crippen LogP contribution is -1.91. The van der Waals surface area contributed by atoms with Crippen LogP contribution in [0.3, 0.4) is 0 Å². The van der Waals surface area contributed by atoms with Gasteiger partial charge in [-0.2, -0.15) is 0 Å². The van der Waals surface area contributed by atoms with Crippen LogP contribution in [-0.4, -0.2) is 15.8 Å². The van der Waals surface area contributed by atoms with Crippen molar-refractivity contribution in [2.45, 2.75) is 16.8 Å². The van der Waals surface area contributed by atoms with E-state index in [4.69, 9.17) is 0 Å². The third-order valence-electron chi connectivity index (χ3n) is 2.02. The minimum absolute atomic E-state index is 0.0742. The van der Waals surface area contributed by atoms with Crippen LogP contribution < -0.4 is 0 Å². The first-order valence-electron chi connectivity index (χ1n) is 4.80. The van der Waals surface area contributed by atoms with Crippen LogP contribution in [0.25, 0.3) is 0 Å². The molecule has 0 N–H and O–H groups in total. The van der Waals surface area contributed by atoms with Crippen molar-refractivity contribution in [2.24, 2.45) is 0 Å². The molecule has 1 heterocycles. The Kier molecular flexibility index (Phi) is 3.31. The topological polar surface area (TPSA) is 42.9 Å². The van der Waals surface area contributed by atoms with Gasteiger partial charge in [0.2, 0.25) is 0 Å². The van der Waals surface area contributed by atoms with E-state index in [1.165, 1.54) is 18.1 Å². The number of hydrogen-bond acceptors (Lipinski definition) is 4. The van der Waals surface area contributed by atoms with Gasteiger partial charge >= 0.3 is 0 Å². The van der Waals surface area contributed by atoms with E-state index in [1.807, 2.05) is 30.3 Å². The molecule has 2 aromatic rings. The van der Waals surface area contributed by atoms with E-state index in [1.54, 1.807) is 13.1 Å². The summed E-state index contributed by atoms with van der Waals surface area (Å²) in [5, 5.41) is 0.871. The van der Waals surface area contributed by atoms with Crippen molar-refractivity contribution in [1.29, 1.82) is 0 Å². The minimum atomic E-state index is 0.0742. The van der Waals surface area contributed by atoms with Crippen LogP contribution in [0.5, 0.6) is 0 Å². The molecule has 4 heteroatoms. The SMILES string of the molecule is CC(=O)c1cccc(Sc2ccncn2)c1. The fourth-order valence-electron chi connectivity index (χ4n) is 1.24. The predicted molar refractivity (Wildman–Crippen MR) is 62.6 cm³/mol. The number of nitrogens with zero attached hydrogens (tertiary/aromatic N) is 2. The highest BCUT2D eigenvalue weighted by Gasteiger charge is 2.02. The zero-order valence-corrected chi connectivity index (χ0v) is 9.57. The second-order valence-electron chi connectivity index (χ2n) is 3.23. The van der Waals surface area contributed by atoms with Crippen molar-refractivity contribution in [3.63, 3.8) is 0 Å². The first kappa shape index (κ1) is 10.8. The van der Waals surface area contributed by atoms with Crippen molar-refractivity contribution < 1.29 is 4.79 Å². The summed E-state index contributed by atoms with van der Waals surface area (Å²) in [6.07, 6.45) is 3.21. The lowest BCUT2D eigenvalue weighted by atomic mass is 10.2. The third-order valence-corrected chi connectivity index (χ3v) is 2.96. The Labute approximate surface area is 97.9 Å². The molecule has 1 aromatic carbocycles. The molecule has 0 amide bonds. The Bertz CT molecular complexity index is 499. The molecule has 1 aromatic heterocycles. The third kappa shape index (κ3) is 2.67. The molecule has 0 spiro atoms. The smallest absolute Gasteiger partial charge is 0.159 e. The molecule has 0 fully saturated rings. The van der Waals surface area contributed by atoms with E-state index < -0.39 is 0 Å². The van der Waals surface area contributed by atoms with Crippen LogP contribution in [0, 0.1) is 0 Å². The summed E-state index contributed by atoms with van der Waals surface area (Å²) >= 11 is 1.52. The molecule has 16 heavy (non-hydrogen) atoms. The van der Waals surface area contributed by atoms with Crippen molar-refractivity contribution >= 4 is 17.5 Å². The molecular weight excluding hydrogens is 220 g/mol. The van der Waals surface area contributed by atoms with Gasteiger partial charge in [-0.05, 0) is 25.1 Å². The number of benzene rings is 1. The maximum absolute atomic E-state index is 11.2. The Hall–Kier alpha value is -1.68. The van der Waals surface area contributed by atoms with Gasteiger partial charge in [-0.3, -0.25) is 4.79 Å². The summed E-state index contributed by atoms with van der Waals surface area (Å²) in [4.78, 5) is 20.2. The van der Waals surface area contributed by atoms with E-state index in [2.05, 4.69) is 9.97 Å². The van der Waals surface area contributed by atoms with Crippen molar-refractivity contribution in [2.75, 3.05) is 0 Å². The Morgan fingerprint density at radius 2 is 2.19 bits per heavy atom. The Morgan fingerprint density at radius 1 is 1.31 bits per heavy atom. The van der Waals surface area contributed by atoms with Gasteiger partial charge in [0.05, 0.1) is 0 Å². The molecule has 0 aliphatic carbocycles. The number of carbonyl (C=O) groups is 1.